The molecule has 1 N–H and O–H groups in total. The first kappa shape index (κ1) is 25.0. The highest BCUT2D eigenvalue weighted by atomic mass is 35.5. The molecular weight excluding hydrogens is 430 g/mol. The van der Waals surface area contributed by atoms with Crippen molar-refractivity contribution >= 4 is 30.7 Å². The van der Waals surface area contributed by atoms with Gasteiger partial charge in [-0.25, -0.2) is 4.98 Å². The molecule has 0 saturated carbocycles. The maximum atomic E-state index is 12.5. The van der Waals surface area contributed by atoms with Gasteiger partial charge in [-0.3, -0.25) is 4.79 Å². The Kier molecular flexibility index (Phi) is 9.19. The van der Waals surface area contributed by atoms with Crippen molar-refractivity contribution in [1.82, 2.24) is 15.2 Å². The lowest BCUT2D eigenvalue weighted by molar-refractivity contribution is -0.137. The molecule has 3 rings (SSSR count). The third-order valence-corrected chi connectivity index (χ3v) is 4.45. The molecule has 1 aliphatic rings. The number of carbonyl (C=O) groups is 1. The summed E-state index contributed by atoms with van der Waals surface area (Å²) in [5.41, 5.74) is -0.286. The van der Waals surface area contributed by atoms with Gasteiger partial charge in [0.1, 0.15) is 5.75 Å². The number of benzene rings is 1. The van der Waals surface area contributed by atoms with Gasteiger partial charge in [0.15, 0.2) is 0 Å². The van der Waals surface area contributed by atoms with E-state index in [2.05, 4.69) is 10.3 Å². The van der Waals surface area contributed by atoms with Crippen LogP contribution in [0, 0.1) is 5.92 Å². The van der Waals surface area contributed by atoms with Crippen LogP contribution < -0.4 is 10.1 Å². The number of halogens is 5. The van der Waals surface area contributed by atoms with Crippen LogP contribution >= 0.6 is 24.8 Å². The number of hydrogen-bond acceptors (Lipinski definition) is 4. The van der Waals surface area contributed by atoms with Gasteiger partial charge in [0.2, 0.25) is 5.88 Å². The average molecular weight is 452 g/mol. The van der Waals surface area contributed by atoms with Crippen molar-refractivity contribution in [2.45, 2.75) is 12.6 Å². The minimum absolute atomic E-state index is 0. The first-order valence-electron chi connectivity index (χ1n) is 8.62. The van der Waals surface area contributed by atoms with Crippen LogP contribution in [-0.2, 0) is 6.18 Å². The normalized spacial score (nSPS) is 16.0. The summed E-state index contributed by atoms with van der Waals surface area (Å²) in [5.74, 6) is 0.880. The fourth-order valence-corrected chi connectivity index (χ4v) is 3.05. The van der Waals surface area contributed by atoms with Gasteiger partial charge in [0.25, 0.3) is 5.91 Å². The van der Waals surface area contributed by atoms with Crippen LogP contribution in [0.15, 0.2) is 42.6 Å². The number of nitrogens with zero attached hydrogens (tertiary/aromatic N) is 2. The van der Waals surface area contributed by atoms with Crippen molar-refractivity contribution in [3.05, 3.63) is 53.7 Å². The first-order chi connectivity index (χ1) is 12.9. The van der Waals surface area contributed by atoms with Crippen LogP contribution in [0.2, 0.25) is 0 Å². The smallest absolute Gasteiger partial charge is 0.417 e. The summed E-state index contributed by atoms with van der Waals surface area (Å²) in [7, 11) is 1.90. The number of hydrogen-bond donors (Lipinski definition) is 1. The van der Waals surface area contributed by atoms with E-state index in [1.165, 1.54) is 0 Å². The van der Waals surface area contributed by atoms with Crippen molar-refractivity contribution < 1.29 is 22.7 Å². The van der Waals surface area contributed by atoms with E-state index in [4.69, 9.17) is 4.74 Å². The van der Waals surface area contributed by atoms with Crippen LogP contribution in [0.5, 0.6) is 11.6 Å². The molecule has 1 saturated heterocycles. The maximum Gasteiger partial charge on any atom is 0.417 e. The molecule has 1 atom stereocenters. The van der Waals surface area contributed by atoms with E-state index < -0.39 is 11.7 Å². The van der Waals surface area contributed by atoms with E-state index in [0.29, 0.717) is 17.2 Å². The topological polar surface area (TPSA) is 54.5 Å². The molecule has 2 heterocycles. The van der Waals surface area contributed by atoms with Gasteiger partial charge < -0.3 is 15.0 Å². The Labute approximate surface area is 179 Å². The van der Waals surface area contributed by atoms with Crippen molar-refractivity contribution in [3.63, 3.8) is 0 Å². The Hall–Kier alpha value is -2.03. The third-order valence-electron chi connectivity index (χ3n) is 4.45. The van der Waals surface area contributed by atoms with Crippen LogP contribution in [-0.4, -0.2) is 42.5 Å². The van der Waals surface area contributed by atoms with Gasteiger partial charge in [-0.2, -0.15) is 13.2 Å². The van der Waals surface area contributed by atoms with E-state index in [-0.39, 0.29) is 36.6 Å². The fourth-order valence-electron chi connectivity index (χ4n) is 3.05. The molecule has 0 aliphatic carbocycles. The third kappa shape index (κ3) is 6.48. The quantitative estimate of drug-likeness (QED) is 0.730. The molecule has 0 radical (unpaired) electrons. The van der Waals surface area contributed by atoms with Crippen molar-refractivity contribution in [2.75, 3.05) is 26.7 Å². The molecule has 1 amide bonds. The molecule has 0 bridgehead atoms. The molecule has 1 aromatic heterocycles. The van der Waals surface area contributed by atoms with Crippen LogP contribution in [0.3, 0.4) is 0 Å². The number of pyridine rings is 1. The second-order valence-electron chi connectivity index (χ2n) is 6.47. The SMILES string of the molecule is CNCC1CCN(C(=O)c2ccc(Oc3ccc(C(F)(F)F)cn3)cc2)C1.Cl.Cl. The van der Waals surface area contributed by atoms with E-state index in [1.54, 1.807) is 24.3 Å². The Morgan fingerprint density at radius 3 is 2.45 bits per heavy atom. The second kappa shape index (κ2) is 10.7. The summed E-state index contributed by atoms with van der Waals surface area (Å²) in [4.78, 5) is 18.0. The summed E-state index contributed by atoms with van der Waals surface area (Å²) < 4.78 is 43.1. The number of amides is 1. The van der Waals surface area contributed by atoms with E-state index in [0.717, 1.165) is 44.4 Å². The van der Waals surface area contributed by atoms with Gasteiger partial charge >= 0.3 is 6.18 Å². The molecule has 1 unspecified atom stereocenters. The monoisotopic (exact) mass is 451 g/mol. The number of nitrogens with one attached hydrogen (secondary N) is 1. The summed E-state index contributed by atoms with van der Waals surface area (Å²) in [6.07, 6.45) is -2.73. The van der Waals surface area contributed by atoms with Gasteiger partial charge in [0, 0.05) is 30.9 Å². The highest BCUT2D eigenvalue weighted by Crippen LogP contribution is 2.30. The van der Waals surface area contributed by atoms with Gasteiger partial charge in [-0.05, 0) is 56.3 Å². The zero-order valence-corrected chi connectivity index (χ0v) is 17.2. The summed E-state index contributed by atoms with van der Waals surface area (Å²) in [5, 5.41) is 3.13. The largest absolute Gasteiger partial charge is 0.439 e. The molecule has 1 aromatic carbocycles. The number of likely N-dealkylation sites (tertiary alicyclic amines) is 1. The number of rotatable bonds is 5. The predicted molar refractivity (Wildman–Crippen MR) is 108 cm³/mol. The number of ether oxygens (including phenoxy) is 1. The summed E-state index contributed by atoms with van der Waals surface area (Å²) in [6.45, 7) is 2.35. The zero-order valence-electron chi connectivity index (χ0n) is 15.6. The zero-order chi connectivity index (χ0) is 19.4. The minimum atomic E-state index is -4.44. The second-order valence-corrected chi connectivity index (χ2v) is 6.47. The molecule has 2 aromatic rings. The Morgan fingerprint density at radius 2 is 1.90 bits per heavy atom. The Bertz CT molecular complexity index is 787. The predicted octanol–water partition coefficient (Wildman–Crippen LogP) is 4.42. The molecule has 29 heavy (non-hydrogen) atoms. The molecule has 0 spiro atoms. The molecule has 5 nitrogen and oxygen atoms in total. The minimum Gasteiger partial charge on any atom is -0.439 e. The van der Waals surface area contributed by atoms with Crippen molar-refractivity contribution in [3.8, 4) is 11.6 Å². The standard InChI is InChI=1S/C19H20F3N3O2.2ClH/c1-23-10-13-8-9-25(12-13)18(26)14-2-5-16(6-3-14)27-17-7-4-15(11-24-17)19(20,21)22;;/h2-7,11,13,23H,8-10,12H2,1H3;2*1H. The highest BCUT2D eigenvalue weighted by molar-refractivity contribution is 5.94. The summed E-state index contributed by atoms with van der Waals surface area (Å²) >= 11 is 0. The average Bonchev–Trinajstić information content (AvgIpc) is 3.10. The highest BCUT2D eigenvalue weighted by Gasteiger charge is 2.30. The van der Waals surface area contributed by atoms with Crippen LogP contribution in [0.4, 0.5) is 13.2 Å². The fraction of sp³-hybridized carbons (Fsp3) is 0.368. The lowest BCUT2D eigenvalue weighted by Crippen LogP contribution is -2.30. The lowest BCUT2D eigenvalue weighted by atomic mass is 10.1. The van der Waals surface area contributed by atoms with Crippen LogP contribution in [0.25, 0.3) is 0 Å². The number of alkyl halides is 3. The van der Waals surface area contributed by atoms with Crippen molar-refractivity contribution in [2.24, 2.45) is 5.92 Å². The summed E-state index contributed by atoms with van der Waals surface area (Å²) in [6, 6.07) is 8.57. The van der Waals surface area contributed by atoms with E-state index in [1.807, 2.05) is 11.9 Å². The van der Waals surface area contributed by atoms with E-state index >= 15 is 0 Å². The van der Waals surface area contributed by atoms with Gasteiger partial charge in [-0.15, -0.1) is 24.8 Å². The molecule has 10 heteroatoms. The number of carbonyl (C=O) groups excluding carboxylic acids is 1. The number of aromatic nitrogens is 1. The van der Waals surface area contributed by atoms with Gasteiger partial charge in [0.05, 0.1) is 5.56 Å². The molecule has 160 valence electrons. The first-order valence-corrected chi connectivity index (χ1v) is 8.62. The van der Waals surface area contributed by atoms with Gasteiger partial charge in [-0.1, -0.05) is 0 Å². The van der Waals surface area contributed by atoms with E-state index in [9.17, 15) is 18.0 Å². The molecular formula is C19H22Cl2F3N3O2. The Balaban J connectivity index is 0.00000210. The van der Waals surface area contributed by atoms with Crippen LogP contribution in [0.1, 0.15) is 22.3 Å². The maximum absolute atomic E-state index is 12.5. The Morgan fingerprint density at radius 1 is 1.21 bits per heavy atom. The molecule has 1 fully saturated rings. The van der Waals surface area contributed by atoms with Crippen molar-refractivity contribution in [1.29, 1.82) is 0 Å². The lowest BCUT2D eigenvalue weighted by Gasteiger charge is -2.17. The molecule has 1 aliphatic heterocycles.